The van der Waals surface area contributed by atoms with Crippen LogP contribution in [0.5, 0.6) is 5.75 Å². The lowest BCUT2D eigenvalue weighted by molar-refractivity contribution is 0.304. The molecule has 0 radical (unpaired) electrons. The molecule has 0 unspecified atom stereocenters. The number of nitrogens with zero attached hydrogens (tertiary/aromatic N) is 2. The Bertz CT molecular complexity index is 593. The SMILES string of the molecule is CCCCCCCOc1ccc(C=NNc2nc(C)cs2)cc1. The van der Waals surface area contributed by atoms with E-state index in [1.165, 1.54) is 25.7 Å². The van der Waals surface area contributed by atoms with Crippen molar-refractivity contribution in [3.05, 3.63) is 40.9 Å². The van der Waals surface area contributed by atoms with E-state index in [2.05, 4.69) is 22.4 Å². The van der Waals surface area contributed by atoms with E-state index in [9.17, 15) is 0 Å². The zero-order valence-electron chi connectivity index (χ0n) is 13.9. The van der Waals surface area contributed by atoms with E-state index in [4.69, 9.17) is 4.74 Å². The third-order valence-corrected chi connectivity index (χ3v) is 4.25. The van der Waals surface area contributed by atoms with E-state index >= 15 is 0 Å². The molecule has 1 heterocycles. The number of hydrogen-bond acceptors (Lipinski definition) is 5. The molecule has 23 heavy (non-hydrogen) atoms. The third kappa shape index (κ3) is 6.82. The van der Waals surface area contributed by atoms with E-state index in [-0.39, 0.29) is 0 Å². The normalized spacial score (nSPS) is 11.0. The summed E-state index contributed by atoms with van der Waals surface area (Å²) >= 11 is 1.55. The quantitative estimate of drug-likeness (QED) is 0.367. The second-order valence-corrected chi connectivity index (χ2v) is 6.35. The van der Waals surface area contributed by atoms with Crippen molar-refractivity contribution in [2.75, 3.05) is 12.0 Å². The molecule has 0 aliphatic heterocycles. The van der Waals surface area contributed by atoms with Crippen molar-refractivity contribution < 1.29 is 4.74 Å². The summed E-state index contributed by atoms with van der Waals surface area (Å²) in [6, 6.07) is 7.98. The zero-order valence-corrected chi connectivity index (χ0v) is 14.7. The number of hydrazone groups is 1. The summed E-state index contributed by atoms with van der Waals surface area (Å²) < 4.78 is 5.75. The van der Waals surface area contributed by atoms with Crippen molar-refractivity contribution in [1.29, 1.82) is 0 Å². The number of aryl methyl sites for hydroxylation is 1. The average molecular weight is 331 g/mol. The Labute approximate surface area is 142 Å². The minimum atomic E-state index is 0.794. The maximum atomic E-state index is 5.75. The second-order valence-electron chi connectivity index (χ2n) is 5.50. The smallest absolute Gasteiger partial charge is 0.203 e. The lowest BCUT2D eigenvalue weighted by atomic mass is 10.2. The highest BCUT2D eigenvalue weighted by molar-refractivity contribution is 7.13. The van der Waals surface area contributed by atoms with Gasteiger partial charge in [0.2, 0.25) is 5.13 Å². The van der Waals surface area contributed by atoms with E-state index in [1.807, 2.05) is 36.6 Å². The first-order valence-electron chi connectivity index (χ1n) is 8.22. The molecule has 1 aromatic heterocycles. The standard InChI is InChI=1S/C18H25N3OS/c1-3-4-5-6-7-12-22-17-10-8-16(9-11-17)13-19-21-18-20-15(2)14-23-18/h8-11,13-14H,3-7,12H2,1-2H3,(H,20,21). The van der Waals surface area contributed by atoms with Crippen LogP contribution in [0.25, 0.3) is 0 Å². The Kier molecular flexibility index (Phi) is 7.60. The molecule has 0 atom stereocenters. The molecule has 0 aliphatic carbocycles. The van der Waals surface area contributed by atoms with E-state index in [0.717, 1.165) is 35.2 Å². The lowest BCUT2D eigenvalue weighted by Gasteiger charge is -2.06. The summed E-state index contributed by atoms with van der Waals surface area (Å²) in [5.74, 6) is 0.918. The first-order chi connectivity index (χ1) is 11.3. The van der Waals surface area contributed by atoms with Gasteiger partial charge in [-0.05, 0) is 43.2 Å². The summed E-state index contributed by atoms with van der Waals surface area (Å²) in [4.78, 5) is 4.29. The van der Waals surface area contributed by atoms with Gasteiger partial charge in [-0.25, -0.2) is 4.98 Å². The summed E-state index contributed by atoms with van der Waals surface area (Å²) in [6.45, 7) is 4.99. The van der Waals surface area contributed by atoms with Gasteiger partial charge in [-0.2, -0.15) is 5.10 Å². The highest BCUT2D eigenvalue weighted by atomic mass is 32.1. The van der Waals surface area contributed by atoms with Crippen LogP contribution in [0.1, 0.15) is 50.3 Å². The van der Waals surface area contributed by atoms with Gasteiger partial charge in [-0.15, -0.1) is 11.3 Å². The van der Waals surface area contributed by atoms with Crippen LogP contribution in [-0.4, -0.2) is 17.8 Å². The van der Waals surface area contributed by atoms with Gasteiger partial charge in [0.15, 0.2) is 0 Å². The third-order valence-electron chi connectivity index (χ3n) is 3.39. The molecule has 2 aromatic rings. The predicted molar refractivity (Wildman–Crippen MR) is 98.8 cm³/mol. The number of ether oxygens (including phenoxy) is 1. The molecule has 0 spiro atoms. The van der Waals surface area contributed by atoms with Crippen LogP contribution in [0.2, 0.25) is 0 Å². The molecule has 0 bridgehead atoms. The number of nitrogens with one attached hydrogen (secondary N) is 1. The largest absolute Gasteiger partial charge is 0.494 e. The van der Waals surface area contributed by atoms with Crippen LogP contribution >= 0.6 is 11.3 Å². The van der Waals surface area contributed by atoms with Crippen LogP contribution in [0.15, 0.2) is 34.7 Å². The number of aromatic nitrogens is 1. The molecule has 0 saturated carbocycles. The average Bonchev–Trinajstić information content (AvgIpc) is 2.97. The van der Waals surface area contributed by atoms with E-state index in [1.54, 1.807) is 17.6 Å². The Morgan fingerprint density at radius 3 is 2.65 bits per heavy atom. The summed E-state index contributed by atoms with van der Waals surface area (Å²) in [7, 11) is 0. The van der Waals surface area contributed by atoms with Crippen LogP contribution in [0, 0.1) is 6.92 Å². The van der Waals surface area contributed by atoms with Crippen LogP contribution < -0.4 is 10.2 Å². The van der Waals surface area contributed by atoms with Crippen LogP contribution in [-0.2, 0) is 0 Å². The summed E-state index contributed by atoms with van der Waals surface area (Å²) in [5, 5.41) is 6.99. The van der Waals surface area contributed by atoms with E-state index < -0.39 is 0 Å². The van der Waals surface area contributed by atoms with Crippen molar-refractivity contribution in [2.24, 2.45) is 5.10 Å². The zero-order chi connectivity index (χ0) is 16.3. The maximum Gasteiger partial charge on any atom is 0.203 e. The topological polar surface area (TPSA) is 46.5 Å². The predicted octanol–water partition coefficient (Wildman–Crippen LogP) is 5.25. The molecular weight excluding hydrogens is 306 g/mol. The van der Waals surface area contributed by atoms with Crippen LogP contribution in [0.4, 0.5) is 5.13 Å². The summed E-state index contributed by atoms with van der Waals surface area (Å²) in [6.07, 6.45) is 8.07. The van der Waals surface area contributed by atoms with Gasteiger partial charge < -0.3 is 4.74 Å². The Hall–Kier alpha value is -1.88. The molecule has 0 saturated heterocycles. The second kappa shape index (κ2) is 10.0. The molecule has 1 N–H and O–H groups in total. The van der Waals surface area contributed by atoms with Crippen molar-refractivity contribution in [3.63, 3.8) is 0 Å². The molecular formula is C18H25N3OS. The number of unbranched alkanes of at least 4 members (excludes halogenated alkanes) is 4. The van der Waals surface area contributed by atoms with Gasteiger partial charge in [-0.1, -0.05) is 32.6 Å². The van der Waals surface area contributed by atoms with Gasteiger partial charge in [0.25, 0.3) is 0 Å². The Balaban J connectivity index is 1.69. The number of hydrogen-bond donors (Lipinski definition) is 1. The first-order valence-corrected chi connectivity index (χ1v) is 9.10. The number of benzene rings is 1. The molecule has 2 rings (SSSR count). The number of rotatable bonds is 10. The number of anilines is 1. The fourth-order valence-corrected chi connectivity index (χ4v) is 2.75. The first kappa shape index (κ1) is 17.5. The monoisotopic (exact) mass is 331 g/mol. The minimum absolute atomic E-state index is 0.794. The van der Waals surface area contributed by atoms with Gasteiger partial charge >= 0.3 is 0 Å². The molecule has 0 fully saturated rings. The van der Waals surface area contributed by atoms with Crippen molar-refractivity contribution in [1.82, 2.24) is 4.98 Å². The molecule has 5 heteroatoms. The van der Waals surface area contributed by atoms with Crippen LogP contribution in [0.3, 0.4) is 0 Å². The Morgan fingerprint density at radius 1 is 1.17 bits per heavy atom. The molecule has 4 nitrogen and oxygen atoms in total. The van der Waals surface area contributed by atoms with Gasteiger partial charge in [0.05, 0.1) is 18.5 Å². The molecule has 1 aromatic carbocycles. The van der Waals surface area contributed by atoms with Crippen molar-refractivity contribution >= 4 is 22.7 Å². The Morgan fingerprint density at radius 2 is 1.96 bits per heavy atom. The molecule has 0 aliphatic rings. The fraction of sp³-hybridized carbons (Fsp3) is 0.444. The lowest BCUT2D eigenvalue weighted by Crippen LogP contribution is -1.97. The van der Waals surface area contributed by atoms with Gasteiger partial charge in [-0.3, -0.25) is 5.43 Å². The number of thiazole rings is 1. The highest BCUT2D eigenvalue weighted by Crippen LogP contribution is 2.15. The van der Waals surface area contributed by atoms with Gasteiger partial charge in [0.1, 0.15) is 5.75 Å². The minimum Gasteiger partial charge on any atom is -0.494 e. The van der Waals surface area contributed by atoms with Gasteiger partial charge in [0, 0.05) is 5.38 Å². The maximum absolute atomic E-state index is 5.75. The molecule has 0 amide bonds. The fourth-order valence-electron chi connectivity index (χ4n) is 2.11. The van der Waals surface area contributed by atoms with Crippen molar-refractivity contribution in [3.8, 4) is 5.75 Å². The van der Waals surface area contributed by atoms with E-state index in [0.29, 0.717) is 0 Å². The summed E-state index contributed by atoms with van der Waals surface area (Å²) in [5.41, 5.74) is 4.97. The molecule has 124 valence electrons. The van der Waals surface area contributed by atoms with Crippen molar-refractivity contribution in [2.45, 2.75) is 46.0 Å². The highest BCUT2D eigenvalue weighted by Gasteiger charge is 1.96.